The number of carbonyl (C=O) groups excluding carboxylic acids is 1. The first kappa shape index (κ1) is 31.8. The predicted molar refractivity (Wildman–Crippen MR) is 160 cm³/mol. The fourth-order valence-electron chi connectivity index (χ4n) is 4.71. The van der Waals surface area contributed by atoms with Gasteiger partial charge in [-0.3, -0.25) is 4.79 Å². The first-order valence-corrected chi connectivity index (χ1v) is 16.9. The molecule has 1 aromatic carbocycles. The highest BCUT2D eigenvalue weighted by atomic mass is 35.5. The normalized spacial score (nSPS) is 13.1. The summed E-state index contributed by atoms with van der Waals surface area (Å²) in [6.45, 7) is 14.0. The van der Waals surface area contributed by atoms with Crippen molar-refractivity contribution in [2.45, 2.75) is 78.1 Å². The quantitative estimate of drug-likeness (QED) is 0.192. The van der Waals surface area contributed by atoms with Gasteiger partial charge >= 0.3 is 5.97 Å². The van der Waals surface area contributed by atoms with Gasteiger partial charge in [-0.25, -0.2) is 9.18 Å². The van der Waals surface area contributed by atoms with Gasteiger partial charge in [0.2, 0.25) is 11.3 Å². The van der Waals surface area contributed by atoms with Gasteiger partial charge in [-0.05, 0) is 61.5 Å². The Morgan fingerprint density at radius 3 is 2.50 bits per heavy atom. The lowest BCUT2D eigenvalue weighted by Crippen LogP contribution is -2.39. The van der Waals surface area contributed by atoms with Gasteiger partial charge in [-0.1, -0.05) is 51.4 Å². The van der Waals surface area contributed by atoms with E-state index in [1.54, 1.807) is 25.1 Å². The Kier molecular flexibility index (Phi) is 9.85. The van der Waals surface area contributed by atoms with Crippen LogP contribution in [0.25, 0.3) is 11.0 Å². The summed E-state index contributed by atoms with van der Waals surface area (Å²) in [6.07, 6.45) is 3.03. The van der Waals surface area contributed by atoms with E-state index in [4.69, 9.17) is 26.1 Å². The third-order valence-electron chi connectivity index (χ3n) is 7.99. The predicted octanol–water partition coefficient (Wildman–Crippen LogP) is 6.92. The molecule has 1 atom stereocenters. The molecule has 2 aromatic heterocycles. The second-order valence-corrected chi connectivity index (χ2v) is 16.6. The van der Waals surface area contributed by atoms with E-state index in [1.165, 1.54) is 19.4 Å². The average Bonchev–Trinajstić information content (AvgIpc) is 2.87. The number of benzene rings is 1. The van der Waals surface area contributed by atoms with Crippen molar-refractivity contribution in [2.75, 3.05) is 13.7 Å². The molecule has 10 heteroatoms. The zero-order chi connectivity index (χ0) is 30.0. The summed E-state index contributed by atoms with van der Waals surface area (Å²) in [7, 11) is -0.997. The average molecular weight is 591 g/mol. The Bertz CT molecular complexity index is 1450. The summed E-state index contributed by atoms with van der Waals surface area (Å²) in [5.74, 6) is -0.918. The zero-order valence-corrected chi connectivity index (χ0v) is 26.4. The van der Waals surface area contributed by atoms with Gasteiger partial charge in [-0.2, -0.15) is 4.98 Å². The van der Waals surface area contributed by atoms with Gasteiger partial charge in [-0.15, -0.1) is 0 Å². The number of ether oxygens (including phenoxy) is 2. The van der Waals surface area contributed by atoms with Crippen LogP contribution in [0.4, 0.5) is 4.39 Å². The maximum absolute atomic E-state index is 14.8. The highest BCUT2D eigenvalue weighted by Gasteiger charge is 2.38. The second-order valence-electron chi connectivity index (χ2n) is 11.7. The van der Waals surface area contributed by atoms with Gasteiger partial charge in [0.15, 0.2) is 8.32 Å². The number of hydrogen-bond donors (Lipinski definition) is 1. The van der Waals surface area contributed by atoms with Crippen LogP contribution in [-0.2, 0) is 11.2 Å². The van der Waals surface area contributed by atoms with E-state index in [2.05, 4.69) is 27.7 Å². The number of hydrogen-bond acceptors (Lipinski definition) is 6. The molecule has 0 radical (unpaired) electrons. The van der Waals surface area contributed by atoms with Crippen molar-refractivity contribution in [3.05, 3.63) is 68.2 Å². The summed E-state index contributed by atoms with van der Waals surface area (Å²) < 4.78 is 27.4. The van der Waals surface area contributed by atoms with Crippen molar-refractivity contribution >= 4 is 36.9 Å². The van der Waals surface area contributed by atoms with Gasteiger partial charge in [0, 0.05) is 24.2 Å². The number of fused-ring (bicyclic) bond motifs is 1. The fourth-order valence-corrected chi connectivity index (χ4v) is 5.66. The largest absolute Gasteiger partial charge is 0.481 e. The Morgan fingerprint density at radius 2 is 1.93 bits per heavy atom. The Morgan fingerprint density at radius 1 is 1.25 bits per heavy atom. The van der Waals surface area contributed by atoms with Crippen LogP contribution in [0.3, 0.4) is 0 Å². The van der Waals surface area contributed by atoms with Crippen LogP contribution in [0.2, 0.25) is 23.2 Å². The van der Waals surface area contributed by atoms with Crippen molar-refractivity contribution in [3.8, 4) is 5.88 Å². The highest BCUT2D eigenvalue weighted by Crippen LogP contribution is 2.43. The topological polar surface area (TPSA) is 90.7 Å². The molecule has 40 heavy (non-hydrogen) atoms. The summed E-state index contributed by atoms with van der Waals surface area (Å²) in [6, 6.07) is 6.20. The molecule has 1 N–H and O–H groups in total. The van der Waals surface area contributed by atoms with Crippen molar-refractivity contribution in [2.24, 2.45) is 5.92 Å². The molecule has 0 bridgehead atoms. The van der Waals surface area contributed by atoms with Crippen LogP contribution in [0, 0.1) is 11.7 Å². The van der Waals surface area contributed by atoms with Crippen LogP contribution in [-0.4, -0.2) is 42.4 Å². The Hall–Kier alpha value is -2.75. The summed E-state index contributed by atoms with van der Waals surface area (Å²) in [5.41, 5.74) is 0.563. The first-order chi connectivity index (χ1) is 18.6. The molecule has 0 spiro atoms. The van der Waals surface area contributed by atoms with Crippen LogP contribution >= 0.6 is 11.6 Å². The Balaban J connectivity index is 2.27. The summed E-state index contributed by atoms with van der Waals surface area (Å²) in [5, 5.41) is -0.0577. The molecule has 0 amide bonds. The third-order valence-corrected chi connectivity index (χ3v) is 11.8. The van der Waals surface area contributed by atoms with Gasteiger partial charge in [0.05, 0.1) is 24.1 Å². The number of rotatable bonds is 11. The molecule has 218 valence electrons. The maximum Gasteiger partial charge on any atom is 0.343 e. The smallest absolute Gasteiger partial charge is 0.343 e. The monoisotopic (exact) mass is 590 g/mol. The van der Waals surface area contributed by atoms with Crippen LogP contribution in [0.5, 0.6) is 5.88 Å². The fraction of sp³-hybridized carbons (Fsp3) is 0.500. The number of pyridine rings is 2. The van der Waals surface area contributed by atoms with Crippen LogP contribution in [0.15, 0.2) is 35.3 Å². The molecule has 3 rings (SSSR count). The highest BCUT2D eigenvalue weighted by molar-refractivity contribution is 6.72. The molecule has 0 aliphatic rings. The minimum absolute atomic E-state index is 0.00557. The number of esters is 1. The van der Waals surface area contributed by atoms with E-state index < -0.39 is 25.5 Å². The van der Waals surface area contributed by atoms with Crippen molar-refractivity contribution < 1.29 is 23.5 Å². The lowest BCUT2D eigenvalue weighted by Gasteiger charge is -2.37. The third kappa shape index (κ3) is 6.58. The minimum Gasteiger partial charge on any atom is -0.481 e. The van der Waals surface area contributed by atoms with E-state index in [0.717, 1.165) is 6.42 Å². The molecule has 0 fully saturated rings. The number of nitrogens with zero attached hydrogens (tertiary/aromatic N) is 2. The molecule has 0 saturated carbocycles. The van der Waals surface area contributed by atoms with Crippen molar-refractivity contribution in [3.63, 3.8) is 0 Å². The zero-order valence-electron chi connectivity index (χ0n) is 24.6. The molecule has 3 aromatic rings. The summed E-state index contributed by atoms with van der Waals surface area (Å²) in [4.78, 5) is 42.2. The lowest BCUT2D eigenvalue weighted by molar-refractivity contribution is 0.0523. The SMILES string of the molecule is CCOC(=O)c1cn([C@H](CCC(C)(C)[Si](C)(C)O)C(C)C)c2nc(OC)c(Cc3cccc(Cl)c3F)cc2c1=O. The van der Waals surface area contributed by atoms with E-state index in [-0.39, 0.29) is 51.9 Å². The standard InChI is InChI=1S/C30H40ClFN2O5Si/c1-9-39-29(36)22-17-34(24(18(2)3)13-14-30(4,5)40(7,8)37)27-21(26(22)35)16-20(28(33-27)38-6)15-19-11-10-12-23(31)25(19)32/h10-12,16-18,24,37H,9,13-15H2,1-8H3/t24-/m1/s1. The number of halogens is 2. The second kappa shape index (κ2) is 12.4. The molecular weight excluding hydrogens is 551 g/mol. The van der Waals surface area contributed by atoms with Gasteiger partial charge in [0.25, 0.3) is 0 Å². The van der Waals surface area contributed by atoms with Crippen LogP contribution in [0.1, 0.15) is 75.0 Å². The molecule has 0 saturated heterocycles. The molecule has 0 aliphatic carbocycles. The number of methoxy groups -OCH3 is 1. The maximum atomic E-state index is 14.8. The van der Waals surface area contributed by atoms with Crippen molar-refractivity contribution in [1.29, 1.82) is 0 Å². The van der Waals surface area contributed by atoms with E-state index >= 15 is 0 Å². The Labute approximate surface area is 241 Å². The lowest BCUT2D eigenvalue weighted by atomic mass is 9.94. The van der Waals surface area contributed by atoms with Crippen LogP contribution < -0.4 is 10.2 Å². The first-order valence-electron chi connectivity index (χ1n) is 13.6. The molecule has 2 heterocycles. The van der Waals surface area contributed by atoms with E-state index in [1.807, 2.05) is 17.7 Å². The van der Waals surface area contributed by atoms with E-state index in [0.29, 0.717) is 23.2 Å². The number of carbonyl (C=O) groups is 1. The molecule has 0 aliphatic heterocycles. The molecule has 0 unspecified atom stereocenters. The van der Waals surface area contributed by atoms with Crippen molar-refractivity contribution in [1.82, 2.24) is 9.55 Å². The number of aromatic nitrogens is 2. The molecular formula is C30H40ClFN2O5Si. The molecule has 7 nitrogen and oxygen atoms in total. The van der Waals surface area contributed by atoms with Gasteiger partial charge < -0.3 is 18.8 Å². The van der Waals surface area contributed by atoms with Gasteiger partial charge in [0.1, 0.15) is 17.0 Å². The minimum atomic E-state index is -2.47. The summed E-state index contributed by atoms with van der Waals surface area (Å²) >= 11 is 5.99. The van der Waals surface area contributed by atoms with E-state index in [9.17, 15) is 18.8 Å².